The topological polar surface area (TPSA) is 38.0 Å². The van der Waals surface area contributed by atoms with Gasteiger partial charge in [-0.25, -0.2) is 8.78 Å². The summed E-state index contributed by atoms with van der Waals surface area (Å²) in [7, 11) is 1.83. The minimum absolute atomic E-state index is 0.330. The van der Waals surface area contributed by atoms with Gasteiger partial charge in [0.2, 0.25) is 0 Å². The van der Waals surface area contributed by atoms with Crippen LogP contribution in [-0.4, -0.2) is 14.9 Å². The second kappa shape index (κ2) is 5.09. The quantitative estimate of drug-likeness (QED) is 0.927. The molecule has 2 rings (SSSR count). The standard InChI is InChI=1S/C14H16F2N2O/c1-8-11(9(2)18(3)17-8)7-14(19)10-4-5-12(15)13(16)6-10/h4-6,14,19H,7H2,1-3H3. The number of aryl methyl sites for hydroxylation is 2. The molecule has 3 nitrogen and oxygen atoms in total. The van der Waals surface area contributed by atoms with Crippen LogP contribution in [0.25, 0.3) is 0 Å². The van der Waals surface area contributed by atoms with Gasteiger partial charge in [0.15, 0.2) is 11.6 Å². The van der Waals surface area contributed by atoms with Crippen LogP contribution in [0, 0.1) is 25.5 Å². The van der Waals surface area contributed by atoms with Crippen molar-refractivity contribution in [1.82, 2.24) is 9.78 Å². The molecule has 0 fully saturated rings. The first-order valence-corrected chi connectivity index (χ1v) is 6.02. The summed E-state index contributed by atoms with van der Waals surface area (Å²) in [5.41, 5.74) is 3.09. The van der Waals surface area contributed by atoms with Gasteiger partial charge in [-0.1, -0.05) is 6.07 Å². The molecule has 1 N–H and O–H groups in total. The number of aliphatic hydroxyl groups excluding tert-OH is 1. The van der Waals surface area contributed by atoms with Crippen LogP contribution in [-0.2, 0) is 13.5 Å². The number of halogens is 2. The molecule has 0 aliphatic carbocycles. The molecule has 102 valence electrons. The number of aliphatic hydroxyl groups is 1. The van der Waals surface area contributed by atoms with E-state index in [-0.39, 0.29) is 0 Å². The van der Waals surface area contributed by atoms with Gasteiger partial charge < -0.3 is 5.11 Å². The minimum atomic E-state index is -0.948. The number of hydrogen-bond donors (Lipinski definition) is 1. The second-order valence-corrected chi connectivity index (χ2v) is 4.67. The molecule has 0 bridgehead atoms. The van der Waals surface area contributed by atoms with Crippen molar-refractivity contribution in [3.8, 4) is 0 Å². The van der Waals surface area contributed by atoms with Gasteiger partial charge in [-0.15, -0.1) is 0 Å². The van der Waals surface area contributed by atoms with E-state index in [9.17, 15) is 13.9 Å². The van der Waals surface area contributed by atoms with Crippen LogP contribution in [0.2, 0.25) is 0 Å². The van der Waals surface area contributed by atoms with Crippen molar-refractivity contribution < 1.29 is 13.9 Å². The lowest BCUT2D eigenvalue weighted by Gasteiger charge is -2.11. The van der Waals surface area contributed by atoms with Crippen LogP contribution in [0.1, 0.15) is 28.6 Å². The molecule has 1 unspecified atom stereocenters. The van der Waals surface area contributed by atoms with Crippen LogP contribution in [0.15, 0.2) is 18.2 Å². The van der Waals surface area contributed by atoms with Crippen molar-refractivity contribution in [2.45, 2.75) is 26.4 Å². The Morgan fingerprint density at radius 2 is 1.95 bits per heavy atom. The van der Waals surface area contributed by atoms with Crippen molar-refractivity contribution in [3.05, 3.63) is 52.3 Å². The summed E-state index contributed by atoms with van der Waals surface area (Å²) in [6, 6.07) is 3.45. The second-order valence-electron chi connectivity index (χ2n) is 4.67. The van der Waals surface area contributed by atoms with E-state index >= 15 is 0 Å². The number of aromatic nitrogens is 2. The molecule has 0 amide bonds. The number of nitrogens with zero attached hydrogens (tertiary/aromatic N) is 2. The highest BCUT2D eigenvalue weighted by Crippen LogP contribution is 2.23. The first-order valence-electron chi connectivity index (χ1n) is 6.02. The van der Waals surface area contributed by atoms with Crippen LogP contribution in [0.3, 0.4) is 0 Å². The first-order chi connectivity index (χ1) is 8.90. The fourth-order valence-electron chi connectivity index (χ4n) is 2.14. The van der Waals surface area contributed by atoms with E-state index < -0.39 is 17.7 Å². The Balaban J connectivity index is 2.25. The van der Waals surface area contributed by atoms with Crippen molar-refractivity contribution >= 4 is 0 Å². The molecule has 1 atom stereocenters. The van der Waals surface area contributed by atoms with Gasteiger partial charge in [0.05, 0.1) is 11.8 Å². The molecule has 0 aliphatic heterocycles. The lowest BCUT2D eigenvalue weighted by atomic mass is 10.00. The van der Waals surface area contributed by atoms with Crippen LogP contribution in [0.4, 0.5) is 8.78 Å². The average molecular weight is 266 g/mol. The molecule has 2 aromatic rings. The Morgan fingerprint density at radius 3 is 2.47 bits per heavy atom. The summed E-state index contributed by atoms with van der Waals surface area (Å²) in [6.45, 7) is 3.77. The molecule has 0 saturated carbocycles. The normalized spacial score (nSPS) is 12.7. The van der Waals surface area contributed by atoms with E-state index in [1.807, 2.05) is 20.9 Å². The van der Waals surface area contributed by atoms with Crippen molar-refractivity contribution in [2.24, 2.45) is 7.05 Å². The zero-order valence-electron chi connectivity index (χ0n) is 11.1. The molecule has 1 aromatic heterocycles. The third kappa shape index (κ3) is 2.66. The third-order valence-electron chi connectivity index (χ3n) is 3.38. The Hall–Kier alpha value is -1.75. The molecule has 19 heavy (non-hydrogen) atoms. The molecule has 1 heterocycles. The SMILES string of the molecule is Cc1nn(C)c(C)c1CC(O)c1ccc(F)c(F)c1. The summed E-state index contributed by atoms with van der Waals surface area (Å²) >= 11 is 0. The molecule has 0 aliphatic rings. The fourth-order valence-corrected chi connectivity index (χ4v) is 2.14. The van der Waals surface area contributed by atoms with E-state index in [2.05, 4.69) is 5.10 Å². The van der Waals surface area contributed by atoms with Gasteiger partial charge in [0.1, 0.15) is 0 Å². The monoisotopic (exact) mass is 266 g/mol. The van der Waals surface area contributed by atoms with Crippen LogP contribution >= 0.6 is 0 Å². The summed E-state index contributed by atoms with van der Waals surface area (Å²) in [4.78, 5) is 0. The summed E-state index contributed by atoms with van der Waals surface area (Å²) in [5, 5.41) is 14.4. The van der Waals surface area contributed by atoms with Crippen LogP contribution in [0.5, 0.6) is 0 Å². The molecular formula is C14H16F2N2O. The van der Waals surface area contributed by atoms with E-state index in [4.69, 9.17) is 0 Å². The number of rotatable bonds is 3. The highest BCUT2D eigenvalue weighted by atomic mass is 19.2. The molecule has 5 heteroatoms. The van der Waals surface area contributed by atoms with Gasteiger partial charge >= 0.3 is 0 Å². The zero-order valence-corrected chi connectivity index (χ0v) is 11.1. The lowest BCUT2D eigenvalue weighted by Crippen LogP contribution is -2.05. The van der Waals surface area contributed by atoms with E-state index in [1.165, 1.54) is 6.07 Å². The Labute approximate surface area is 110 Å². The third-order valence-corrected chi connectivity index (χ3v) is 3.38. The van der Waals surface area contributed by atoms with E-state index in [0.29, 0.717) is 12.0 Å². The highest BCUT2D eigenvalue weighted by molar-refractivity contribution is 5.28. The maximum atomic E-state index is 13.1. The van der Waals surface area contributed by atoms with Crippen molar-refractivity contribution in [3.63, 3.8) is 0 Å². The lowest BCUT2D eigenvalue weighted by molar-refractivity contribution is 0.177. The van der Waals surface area contributed by atoms with Crippen molar-refractivity contribution in [2.75, 3.05) is 0 Å². The Morgan fingerprint density at radius 1 is 1.26 bits per heavy atom. The smallest absolute Gasteiger partial charge is 0.159 e. The maximum Gasteiger partial charge on any atom is 0.159 e. The predicted molar refractivity (Wildman–Crippen MR) is 67.7 cm³/mol. The van der Waals surface area contributed by atoms with Gasteiger partial charge in [-0.3, -0.25) is 4.68 Å². The largest absolute Gasteiger partial charge is 0.388 e. The molecule has 1 aromatic carbocycles. The number of hydrogen-bond acceptors (Lipinski definition) is 2. The van der Waals surface area contributed by atoms with Crippen LogP contribution < -0.4 is 0 Å². The maximum absolute atomic E-state index is 13.1. The fraction of sp³-hybridized carbons (Fsp3) is 0.357. The zero-order chi connectivity index (χ0) is 14.2. The predicted octanol–water partition coefficient (Wildman–Crippen LogP) is 2.59. The molecule has 0 radical (unpaired) electrons. The van der Waals surface area contributed by atoms with E-state index in [0.717, 1.165) is 29.1 Å². The van der Waals surface area contributed by atoms with E-state index in [1.54, 1.807) is 4.68 Å². The molecule has 0 spiro atoms. The molecule has 0 saturated heterocycles. The minimum Gasteiger partial charge on any atom is -0.388 e. The van der Waals surface area contributed by atoms with Gasteiger partial charge in [-0.05, 0) is 37.1 Å². The van der Waals surface area contributed by atoms with Crippen molar-refractivity contribution in [1.29, 1.82) is 0 Å². The Bertz CT molecular complexity index is 608. The number of benzene rings is 1. The average Bonchev–Trinajstić information content (AvgIpc) is 2.59. The van der Waals surface area contributed by atoms with Gasteiger partial charge in [0.25, 0.3) is 0 Å². The highest BCUT2D eigenvalue weighted by Gasteiger charge is 2.16. The Kier molecular flexibility index (Phi) is 3.66. The summed E-state index contributed by atoms with van der Waals surface area (Å²) < 4.78 is 27.7. The first kappa shape index (κ1) is 13.7. The summed E-state index contributed by atoms with van der Waals surface area (Å²) in [5.74, 6) is -1.86. The summed E-state index contributed by atoms with van der Waals surface area (Å²) in [6.07, 6.45) is -0.548. The van der Waals surface area contributed by atoms with Gasteiger partial charge in [0, 0.05) is 19.2 Å². The molecular weight excluding hydrogens is 250 g/mol. The van der Waals surface area contributed by atoms with Gasteiger partial charge in [-0.2, -0.15) is 5.10 Å².